The van der Waals surface area contributed by atoms with Crippen LogP contribution in [-0.4, -0.2) is 24.9 Å². The van der Waals surface area contributed by atoms with Gasteiger partial charge in [0.25, 0.3) is 0 Å². The molecule has 4 heterocycles. The minimum absolute atomic E-state index is 0.0724. The zero-order valence-corrected chi connectivity index (χ0v) is 29.4. The molecule has 0 saturated carbocycles. The summed E-state index contributed by atoms with van der Waals surface area (Å²) in [4.78, 5) is 22.5. The predicted molar refractivity (Wildman–Crippen MR) is 211 cm³/mol. The van der Waals surface area contributed by atoms with E-state index < -0.39 is 0 Å². The first kappa shape index (κ1) is 34.5. The van der Waals surface area contributed by atoms with Crippen LogP contribution in [-0.2, 0) is 25.9 Å². The van der Waals surface area contributed by atoms with Crippen LogP contribution in [0.15, 0.2) is 147 Å². The van der Waals surface area contributed by atoms with Crippen molar-refractivity contribution in [1.82, 2.24) is 24.9 Å². The molecule has 0 aliphatic heterocycles. The Hall–Kier alpha value is -6.92. The fraction of sp³-hybridized carbons (Fsp3) is 0.136. The summed E-state index contributed by atoms with van der Waals surface area (Å²) in [6.45, 7) is 3.46. The van der Waals surface area contributed by atoms with Gasteiger partial charge in [-0.15, -0.1) is 0 Å². The van der Waals surface area contributed by atoms with E-state index in [1.165, 1.54) is 11.1 Å². The van der Waals surface area contributed by atoms with Crippen LogP contribution in [0.25, 0.3) is 22.3 Å². The summed E-state index contributed by atoms with van der Waals surface area (Å²) in [5, 5.41) is 19.5. The van der Waals surface area contributed by atoms with Gasteiger partial charge in [-0.3, -0.25) is 9.97 Å². The van der Waals surface area contributed by atoms with Gasteiger partial charge in [-0.1, -0.05) is 66.7 Å². The highest BCUT2D eigenvalue weighted by Gasteiger charge is 2.09. The maximum atomic E-state index is 9.21. The number of hydrogen-bond acceptors (Lipinski definition) is 9. The number of aryl methyl sites for hydroxylation is 2. The minimum Gasteiger partial charge on any atom is -0.377 e. The second-order valence-corrected chi connectivity index (χ2v) is 12.9. The fourth-order valence-electron chi connectivity index (χ4n) is 6.05. The summed E-state index contributed by atoms with van der Waals surface area (Å²) in [6.07, 6.45) is 14.6. The third-order valence-electron chi connectivity index (χ3n) is 9.00. The molecule has 7 rings (SSSR count). The number of pyridine rings is 3. The van der Waals surface area contributed by atoms with Gasteiger partial charge in [0.15, 0.2) is 0 Å². The van der Waals surface area contributed by atoms with Crippen molar-refractivity contribution in [3.63, 3.8) is 0 Å². The van der Waals surface area contributed by atoms with E-state index in [1.54, 1.807) is 6.20 Å². The van der Waals surface area contributed by atoms with Crippen molar-refractivity contribution in [2.75, 3.05) is 16.0 Å². The minimum atomic E-state index is 0.0724. The molecule has 53 heavy (non-hydrogen) atoms. The van der Waals surface area contributed by atoms with Crippen LogP contribution < -0.4 is 16.0 Å². The topological polar surface area (TPSA) is 124 Å². The molecule has 0 fully saturated rings. The first-order valence-electron chi connectivity index (χ1n) is 17.6. The molecule has 0 aliphatic carbocycles. The van der Waals surface area contributed by atoms with Gasteiger partial charge in [-0.25, -0.2) is 15.0 Å². The lowest BCUT2D eigenvalue weighted by Gasteiger charge is -2.17. The van der Waals surface area contributed by atoms with Gasteiger partial charge in [0.05, 0.1) is 17.3 Å². The van der Waals surface area contributed by atoms with Crippen molar-refractivity contribution in [3.8, 4) is 28.3 Å². The fourth-order valence-corrected chi connectivity index (χ4v) is 6.05. The second-order valence-electron chi connectivity index (χ2n) is 12.9. The highest BCUT2D eigenvalue weighted by atomic mass is 15.1. The molecular formula is C44H39N9. The SMILES string of the molecule is C[C@H](Nc1cncc(-c2cncc(CCc3cccc(C#N)c3)c2)c1)c1ccc(CNc2cc(-c3cnc(NCc4ccccc4)nc3)ccn2)cc1. The van der Waals surface area contributed by atoms with Gasteiger partial charge in [0.1, 0.15) is 5.82 Å². The van der Waals surface area contributed by atoms with Gasteiger partial charge in [-0.2, -0.15) is 5.26 Å². The lowest BCUT2D eigenvalue weighted by Crippen LogP contribution is -2.07. The number of nitrogens with zero attached hydrogens (tertiary/aromatic N) is 6. The van der Waals surface area contributed by atoms with Crippen LogP contribution in [0.4, 0.5) is 17.5 Å². The summed E-state index contributed by atoms with van der Waals surface area (Å²) in [6, 6.07) is 37.1. The van der Waals surface area contributed by atoms with Gasteiger partial charge in [-0.05, 0) is 89.5 Å². The first-order valence-corrected chi connectivity index (χ1v) is 17.6. The van der Waals surface area contributed by atoms with Gasteiger partial charge in [0.2, 0.25) is 5.95 Å². The zero-order valence-electron chi connectivity index (χ0n) is 29.4. The molecule has 0 unspecified atom stereocenters. The normalized spacial score (nSPS) is 11.3. The summed E-state index contributed by atoms with van der Waals surface area (Å²) in [5.74, 6) is 1.38. The largest absolute Gasteiger partial charge is 0.377 e. The van der Waals surface area contributed by atoms with Crippen molar-refractivity contribution in [2.24, 2.45) is 0 Å². The van der Waals surface area contributed by atoms with Crippen LogP contribution >= 0.6 is 0 Å². The Morgan fingerprint density at radius 3 is 2.11 bits per heavy atom. The van der Waals surface area contributed by atoms with E-state index in [0.717, 1.165) is 63.3 Å². The highest BCUT2D eigenvalue weighted by Crippen LogP contribution is 2.26. The average Bonchev–Trinajstić information content (AvgIpc) is 3.22. The van der Waals surface area contributed by atoms with Gasteiger partial charge >= 0.3 is 0 Å². The highest BCUT2D eigenvalue weighted by molar-refractivity contribution is 5.67. The molecular weight excluding hydrogens is 655 g/mol. The van der Waals surface area contributed by atoms with E-state index in [-0.39, 0.29) is 6.04 Å². The Bertz CT molecular complexity index is 2300. The summed E-state index contributed by atoms with van der Waals surface area (Å²) < 4.78 is 0. The Balaban J connectivity index is 0.916. The van der Waals surface area contributed by atoms with Crippen molar-refractivity contribution >= 4 is 17.5 Å². The Kier molecular flexibility index (Phi) is 11.0. The first-order chi connectivity index (χ1) is 26.1. The molecule has 0 radical (unpaired) electrons. The lowest BCUT2D eigenvalue weighted by molar-refractivity contribution is 0.881. The van der Waals surface area contributed by atoms with Crippen molar-refractivity contribution in [1.29, 1.82) is 5.26 Å². The molecule has 0 spiro atoms. The Morgan fingerprint density at radius 1 is 0.585 bits per heavy atom. The molecule has 0 saturated heterocycles. The summed E-state index contributed by atoms with van der Waals surface area (Å²) in [7, 11) is 0. The van der Waals surface area contributed by atoms with E-state index in [0.29, 0.717) is 24.6 Å². The number of hydrogen-bond donors (Lipinski definition) is 3. The molecule has 9 heteroatoms. The van der Waals surface area contributed by atoms with Crippen LogP contribution in [0.1, 0.15) is 46.3 Å². The van der Waals surface area contributed by atoms with Gasteiger partial charge < -0.3 is 16.0 Å². The molecule has 4 aromatic heterocycles. The number of nitrogens with one attached hydrogen (secondary N) is 3. The van der Waals surface area contributed by atoms with E-state index in [9.17, 15) is 5.26 Å². The maximum Gasteiger partial charge on any atom is 0.222 e. The van der Waals surface area contributed by atoms with Crippen molar-refractivity contribution < 1.29 is 0 Å². The van der Waals surface area contributed by atoms with Crippen molar-refractivity contribution in [3.05, 3.63) is 180 Å². The molecule has 3 aromatic carbocycles. The standard InChI is InChI=1S/C44H39N9/c1-31(53-42-20-40(27-47-30-42)39-19-36(23-46-26-39)11-10-32-8-5-9-35(18-32)22-45)37-14-12-34(13-15-37)24-49-43-21-38(16-17-48-43)41-28-51-44(52-29-41)50-25-33-6-3-2-4-7-33/h2-9,12-21,23,26-31,53H,10-11,24-25H2,1H3,(H,48,49)(H,50,51,52)/t31-/m0/s1. The molecule has 3 N–H and O–H groups in total. The van der Waals surface area contributed by atoms with Crippen LogP contribution in [0.3, 0.4) is 0 Å². The van der Waals surface area contributed by atoms with E-state index in [2.05, 4.69) is 108 Å². The maximum absolute atomic E-state index is 9.21. The number of aromatic nitrogens is 5. The van der Waals surface area contributed by atoms with Crippen molar-refractivity contribution in [2.45, 2.75) is 38.9 Å². The second kappa shape index (κ2) is 16.9. The molecule has 260 valence electrons. The third kappa shape index (κ3) is 9.45. The van der Waals surface area contributed by atoms with E-state index >= 15 is 0 Å². The molecule has 0 bridgehead atoms. The molecule has 0 amide bonds. The molecule has 9 nitrogen and oxygen atoms in total. The van der Waals surface area contributed by atoms with E-state index in [4.69, 9.17) is 0 Å². The van der Waals surface area contributed by atoms with Crippen LogP contribution in [0, 0.1) is 11.3 Å². The quantitative estimate of drug-likeness (QED) is 0.102. The average molecular weight is 694 g/mol. The molecule has 7 aromatic rings. The van der Waals surface area contributed by atoms with Crippen LogP contribution in [0.2, 0.25) is 0 Å². The number of nitriles is 1. The zero-order chi connectivity index (χ0) is 36.2. The number of anilines is 3. The van der Waals surface area contributed by atoms with Gasteiger partial charge in [0, 0.05) is 79.2 Å². The summed E-state index contributed by atoms with van der Waals surface area (Å²) >= 11 is 0. The monoisotopic (exact) mass is 693 g/mol. The summed E-state index contributed by atoms with van der Waals surface area (Å²) in [5.41, 5.74) is 11.3. The predicted octanol–water partition coefficient (Wildman–Crippen LogP) is 9.05. The van der Waals surface area contributed by atoms with E-state index in [1.807, 2.05) is 85.7 Å². The number of rotatable bonds is 14. The molecule has 0 aliphatic rings. The Labute approximate surface area is 309 Å². The van der Waals surface area contributed by atoms with Crippen LogP contribution in [0.5, 0.6) is 0 Å². The lowest BCUT2D eigenvalue weighted by atomic mass is 10.0. The number of benzene rings is 3. The molecule has 1 atom stereocenters. The Morgan fingerprint density at radius 2 is 1.30 bits per heavy atom. The smallest absolute Gasteiger partial charge is 0.222 e. The third-order valence-corrected chi connectivity index (χ3v) is 9.00.